The van der Waals surface area contributed by atoms with Crippen LogP contribution in [0.5, 0.6) is 0 Å². The molecule has 49 heavy (non-hydrogen) atoms. The molecule has 8 aromatic rings. The third kappa shape index (κ3) is 6.74. The van der Waals surface area contributed by atoms with E-state index in [4.69, 9.17) is 14.9 Å². The number of fused-ring (bicyclic) bond motifs is 5. The zero-order chi connectivity index (χ0) is 36.9. The maximum absolute atomic E-state index is 8.79. The van der Waals surface area contributed by atoms with Gasteiger partial charge in [-0.15, -0.1) is 64.9 Å². The number of pyridine rings is 2. The molecule has 0 bridgehead atoms. The Morgan fingerprint density at radius 2 is 1.57 bits per heavy atom. The summed E-state index contributed by atoms with van der Waals surface area (Å²) in [6.45, 7) is 9.74. The Kier molecular flexibility index (Phi) is 8.51. The van der Waals surface area contributed by atoms with Gasteiger partial charge in [0.2, 0.25) is 0 Å². The summed E-state index contributed by atoms with van der Waals surface area (Å²) in [7, 11) is 0. The van der Waals surface area contributed by atoms with E-state index in [1.165, 1.54) is 11.1 Å². The van der Waals surface area contributed by atoms with Gasteiger partial charge in [0, 0.05) is 43.4 Å². The van der Waals surface area contributed by atoms with Crippen molar-refractivity contribution in [2.24, 2.45) is 0 Å². The quantitative estimate of drug-likeness (QED) is 0.166. The maximum atomic E-state index is 8.79. The predicted molar refractivity (Wildman–Crippen MR) is 201 cm³/mol. The molecule has 0 aliphatic carbocycles. The molecule has 247 valence electrons. The third-order valence-electron chi connectivity index (χ3n) is 8.56. The van der Waals surface area contributed by atoms with Crippen molar-refractivity contribution >= 4 is 43.5 Å². The van der Waals surface area contributed by atoms with Gasteiger partial charge >= 0.3 is 0 Å². The van der Waals surface area contributed by atoms with E-state index in [9.17, 15) is 0 Å². The molecule has 0 saturated carbocycles. The van der Waals surface area contributed by atoms with Crippen molar-refractivity contribution in [3.8, 4) is 33.6 Å². The minimum absolute atomic E-state index is 0. The first kappa shape index (κ1) is 29.4. The Morgan fingerprint density at radius 3 is 2.27 bits per heavy atom. The van der Waals surface area contributed by atoms with E-state index >= 15 is 0 Å². The first-order chi connectivity index (χ1) is 24.7. The Balaban J connectivity index is 0.000000269. The molecule has 4 nitrogen and oxygen atoms in total. The molecular formula is C43H37IrN3OS-2. The number of aromatic nitrogens is 3. The fourth-order valence-corrected chi connectivity index (χ4v) is 6.82. The van der Waals surface area contributed by atoms with Gasteiger partial charge in [-0.1, -0.05) is 74.2 Å². The van der Waals surface area contributed by atoms with Crippen LogP contribution in [-0.4, -0.2) is 15.0 Å². The van der Waals surface area contributed by atoms with Gasteiger partial charge in [0.1, 0.15) is 11.1 Å². The molecule has 4 heterocycles. The van der Waals surface area contributed by atoms with E-state index in [0.717, 1.165) is 65.9 Å². The van der Waals surface area contributed by atoms with E-state index in [-0.39, 0.29) is 25.1 Å². The topological polar surface area (TPSA) is 51.8 Å². The van der Waals surface area contributed by atoms with Crippen LogP contribution in [0, 0.1) is 46.7 Å². The first-order valence-corrected chi connectivity index (χ1v) is 16.7. The molecule has 0 saturated heterocycles. The monoisotopic (exact) mass is 840 g/mol. The standard InChI is InChI=1S/C30H25N2OS.C13H12N.Ir/c1-16(2)24-15-31-25(14-23(24)27-17(3)8-6-9-18(27)4)22-11-7-10-20-21-12-13-26-28(32-19(5)34-26)30(21)33-29(20)22;1-10-3-6-12(7-4-10)13-8-5-11(2)9-14-13;/h6-10,12-16H,1-5H3;3-6,8-9H,1-2H3;/q2*-1;/i5D3,16D;;. The number of hydrogen-bond donors (Lipinski definition) is 0. The molecule has 0 fully saturated rings. The molecule has 6 heteroatoms. The van der Waals surface area contributed by atoms with Crippen LogP contribution in [0.2, 0.25) is 0 Å². The SMILES string of the molecule is Cc1c[c-]c(-c2ccc(C)cn2)cc1.[2H]C([2H])([2H])c1nc2c(ccc3c4cc[c-]c(-c5cc(-c6c(C)cccc6C)c(C([2H])(C)C)cn5)c4oc32)s1.[Ir]. The third-order valence-corrected chi connectivity index (χ3v) is 9.40. The molecule has 4 aromatic heterocycles. The summed E-state index contributed by atoms with van der Waals surface area (Å²) >= 11 is 1.16. The van der Waals surface area contributed by atoms with Gasteiger partial charge in [-0.05, 0) is 84.4 Å². The molecule has 8 rings (SSSR count). The molecular weight excluding hydrogens is 799 g/mol. The van der Waals surface area contributed by atoms with Gasteiger partial charge in [0.25, 0.3) is 0 Å². The molecule has 0 N–H and O–H groups in total. The molecule has 1 radical (unpaired) electrons. The second-order valence-electron chi connectivity index (χ2n) is 12.4. The van der Waals surface area contributed by atoms with Crippen molar-refractivity contribution in [1.29, 1.82) is 0 Å². The van der Waals surface area contributed by atoms with E-state index in [1.807, 2.05) is 81.6 Å². The maximum Gasteiger partial charge on any atom is 0.148 e. The summed E-state index contributed by atoms with van der Waals surface area (Å²) in [5.41, 5.74) is 12.8. The van der Waals surface area contributed by atoms with Crippen molar-refractivity contribution in [2.45, 2.75) is 54.3 Å². The number of furan rings is 1. The summed E-state index contributed by atoms with van der Waals surface area (Å²) in [6.07, 6.45) is 3.67. The van der Waals surface area contributed by atoms with E-state index < -0.39 is 12.7 Å². The van der Waals surface area contributed by atoms with Crippen LogP contribution in [-0.2, 0) is 20.1 Å². The number of thiazole rings is 1. The Bertz CT molecular complexity index is 2520. The van der Waals surface area contributed by atoms with Gasteiger partial charge in [0.05, 0.1) is 15.3 Å². The summed E-state index contributed by atoms with van der Waals surface area (Å²) in [5, 5.41) is 1.85. The molecule has 0 aliphatic heterocycles. The van der Waals surface area contributed by atoms with Gasteiger partial charge < -0.3 is 14.4 Å². The average molecular weight is 840 g/mol. The number of hydrogen-bond acceptors (Lipinski definition) is 5. The Morgan fingerprint density at radius 1 is 0.816 bits per heavy atom. The second-order valence-corrected chi connectivity index (χ2v) is 13.4. The van der Waals surface area contributed by atoms with Crippen LogP contribution < -0.4 is 0 Å². The van der Waals surface area contributed by atoms with Crippen LogP contribution in [0.25, 0.3) is 65.8 Å². The summed E-state index contributed by atoms with van der Waals surface area (Å²) in [4.78, 5) is 13.6. The average Bonchev–Trinajstić information content (AvgIpc) is 3.71. The minimum atomic E-state index is -2.28. The molecule has 0 unspecified atom stereocenters. The van der Waals surface area contributed by atoms with E-state index in [0.29, 0.717) is 27.9 Å². The smallest absolute Gasteiger partial charge is 0.148 e. The predicted octanol–water partition coefficient (Wildman–Crippen LogP) is 11.9. The number of aryl methyl sites for hydroxylation is 5. The van der Waals surface area contributed by atoms with E-state index in [1.54, 1.807) is 6.20 Å². The van der Waals surface area contributed by atoms with Gasteiger partial charge in [-0.2, -0.15) is 0 Å². The Hall–Kier alpha value is -4.48. The molecule has 0 spiro atoms. The number of benzene rings is 4. The fourth-order valence-electron chi connectivity index (χ4n) is 6.11. The molecule has 0 amide bonds. The second kappa shape index (κ2) is 14.2. The molecule has 0 atom stereocenters. The van der Waals surface area contributed by atoms with Crippen LogP contribution in [0.3, 0.4) is 0 Å². The largest absolute Gasteiger partial charge is 0.498 e. The van der Waals surface area contributed by atoms with Crippen LogP contribution in [0.15, 0.2) is 95.7 Å². The van der Waals surface area contributed by atoms with E-state index in [2.05, 4.69) is 67.1 Å². The van der Waals surface area contributed by atoms with Gasteiger partial charge in [-0.3, -0.25) is 0 Å². The summed E-state index contributed by atoms with van der Waals surface area (Å²) in [6, 6.07) is 32.6. The molecule has 0 aliphatic rings. The van der Waals surface area contributed by atoms with Crippen molar-refractivity contribution in [1.82, 2.24) is 15.0 Å². The van der Waals surface area contributed by atoms with Crippen molar-refractivity contribution in [3.05, 3.63) is 136 Å². The van der Waals surface area contributed by atoms with Crippen molar-refractivity contribution < 1.29 is 30.0 Å². The van der Waals surface area contributed by atoms with Crippen molar-refractivity contribution in [3.63, 3.8) is 0 Å². The number of nitrogens with zero attached hydrogens (tertiary/aromatic N) is 3. The van der Waals surface area contributed by atoms with Gasteiger partial charge in [0.15, 0.2) is 0 Å². The first-order valence-electron chi connectivity index (χ1n) is 17.8. The van der Waals surface area contributed by atoms with Crippen LogP contribution in [0.1, 0.15) is 58.0 Å². The zero-order valence-corrected chi connectivity index (χ0v) is 31.4. The molecule has 4 aromatic carbocycles. The zero-order valence-electron chi connectivity index (χ0n) is 32.2. The normalized spacial score (nSPS) is 12.9. The van der Waals surface area contributed by atoms with Crippen LogP contribution >= 0.6 is 11.3 Å². The fraction of sp³-hybridized carbons (Fsp3) is 0.186. The summed E-state index contributed by atoms with van der Waals surface area (Å²) in [5.74, 6) is -0.846. The van der Waals surface area contributed by atoms with Crippen LogP contribution in [0.4, 0.5) is 0 Å². The number of rotatable bonds is 4. The van der Waals surface area contributed by atoms with Gasteiger partial charge in [-0.25, -0.2) is 4.98 Å². The Labute approximate surface area is 311 Å². The van der Waals surface area contributed by atoms with Crippen molar-refractivity contribution in [2.75, 3.05) is 0 Å². The minimum Gasteiger partial charge on any atom is -0.498 e. The summed E-state index contributed by atoms with van der Waals surface area (Å²) < 4.78 is 39.3.